The van der Waals surface area contributed by atoms with Crippen molar-refractivity contribution in [2.45, 2.75) is 46.6 Å². The van der Waals surface area contributed by atoms with E-state index in [9.17, 15) is 9.18 Å². The van der Waals surface area contributed by atoms with E-state index in [0.29, 0.717) is 13.0 Å². The molecule has 1 amide bonds. The van der Waals surface area contributed by atoms with E-state index in [1.165, 1.54) is 12.1 Å². The van der Waals surface area contributed by atoms with Crippen LogP contribution in [0.2, 0.25) is 0 Å². The Morgan fingerprint density at radius 3 is 2.38 bits per heavy atom. The molecule has 1 N–H and O–H groups in total. The van der Waals surface area contributed by atoms with Crippen LogP contribution in [0.15, 0.2) is 18.2 Å². The Morgan fingerprint density at radius 1 is 1.29 bits per heavy atom. The number of carbonyl (C=O) groups is 1. The van der Waals surface area contributed by atoms with Gasteiger partial charge in [-0.05, 0) is 69.9 Å². The fourth-order valence-corrected chi connectivity index (χ4v) is 1.96. The Bertz CT molecular complexity index is 507. The van der Waals surface area contributed by atoms with Crippen molar-refractivity contribution < 1.29 is 13.9 Å². The highest BCUT2D eigenvalue weighted by molar-refractivity contribution is 5.67. The minimum Gasteiger partial charge on any atom is -0.444 e. The number of nitrogens with one attached hydrogen (secondary N) is 1. The van der Waals surface area contributed by atoms with Crippen LogP contribution in [-0.2, 0) is 4.74 Å². The first-order chi connectivity index (χ1) is 9.69. The largest absolute Gasteiger partial charge is 0.444 e. The second kappa shape index (κ2) is 7.25. The summed E-state index contributed by atoms with van der Waals surface area (Å²) in [6, 6.07) is 3.04. The van der Waals surface area contributed by atoms with E-state index in [0.717, 1.165) is 16.7 Å². The van der Waals surface area contributed by atoms with E-state index < -0.39 is 11.7 Å². The molecule has 21 heavy (non-hydrogen) atoms. The van der Waals surface area contributed by atoms with Crippen molar-refractivity contribution in [2.75, 3.05) is 6.54 Å². The molecular weight excluding hydrogens is 269 g/mol. The standard InChI is InChI=1S/C17H24FNO2/c1-12-10-14(18)11-13(2)15(12)8-6-7-9-19-16(20)21-17(3,4)5/h6,8,10-11H,7,9H2,1-5H3,(H,19,20). The molecule has 1 aromatic rings. The van der Waals surface area contributed by atoms with Crippen LogP contribution in [0, 0.1) is 19.7 Å². The van der Waals surface area contributed by atoms with Crippen molar-refractivity contribution in [1.29, 1.82) is 0 Å². The summed E-state index contributed by atoms with van der Waals surface area (Å²) in [5, 5.41) is 2.69. The van der Waals surface area contributed by atoms with Crippen LogP contribution in [-0.4, -0.2) is 18.2 Å². The first-order valence-corrected chi connectivity index (χ1v) is 7.09. The molecule has 0 radical (unpaired) electrons. The Balaban J connectivity index is 2.45. The van der Waals surface area contributed by atoms with Gasteiger partial charge in [0.25, 0.3) is 0 Å². The molecule has 0 saturated carbocycles. The van der Waals surface area contributed by atoms with E-state index in [1.807, 2.05) is 46.8 Å². The van der Waals surface area contributed by atoms with E-state index in [-0.39, 0.29) is 5.82 Å². The number of rotatable bonds is 4. The fraction of sp³-hybridized carbons (Fsp3) is 0.471. The van der Waals surface area contributed by atoms with Crippen molar-refractivity contribution in [3.63, 3.8) is 0 Å². The molecule has 0 spiro atoms. The second-order valence-corrected chi connectivity index (χ2v) is 6.07. The molecule has 0 unspecified atom stereocenters. The zero-order valence-corrected chi connectivity index (χ0v) is 13.4. The number of alkyl carbamates (subject to hydrolysis) is 1. The van der Waals surface area contributed by atoms with Gasteiger partial charge in [-0.2, -0.15) is 0 Å². The number of ether oxygens (including phenoxy) is 1. The maximum Gasteiger partial charge on any atom is 0.407 e. The predicted octanol–water partition coefficient (Wildman–Crippen LogP) is 4.37. The highest BCUT2D eigenvalue weighted by atomic mass is 19.1. The maximum absolute atomic E-state index is 13.2. The van der Waals surface area contributed by atoms with Gasteiger partial charge in [-0.3, -0.25) is 0 Å². The van der Waals surface area contributed by atoms with Gasteiger partial charge in [0.1, 0.15) is 11.4 Å². The quantitative estimate of drug-likeness (QED) is 0.837. The summed E-state index contributed by atoms with van der Waals surface area (Å²) in [5.41, 5.74) is 2.35. The smallest absolute Gasteiger partial charge is 0.407 e. The summed E-state index contributed by atoms with van der Waals surface area (Å²) < 4.78 is 18.3. The molecule has 0 saturated heterocycles. The molecule has 0 bridgehead atoms. The van der Waals surface area contributed by atoms with Crippen molar-refractivity contribution in [1.82, 2.24) is 5.32 Å². The lowest BCUT2D eigenvalue weighted by atomic mass is 10.0. The lowest BCUT2D eigenvalue weighted by Crippen LogP contribution is -2.32. The number of hydrogen-bond donors (Lipinski definition) is 1. The van der Waals surface area contributed by atoms with E-state index in [2.05, 4.69) is 5.32 Å². The molecule has 0 fully saturated rings. The monoisotopic (exact) mass is 293 g/mol. The van der Waals surface area contributed by atoms with E-state index >= 15 is 0 Å². The topological polar surface area (TPSA) is 38.3 Å². The Labute approximate surface area is 126 Å². The van der Waals surface area contributed by atoms with Gasteiger partial charge in [-0.1, -0.05) is 12.2 Å². The molecule has 4 heteroatoms. The third-order valence-electron chi connectivity index (χ3n) is 2.82. The van der Waals surface area contributed by atoms with Gasteiger partial charge in [0, 0.05) is 6.54 Å². The van der Waals surface area contributed by atoms with Gasteiger partial charge < -0.3 is 10.1 Å². The molecule has 0 atom stereocenters. The number of halogens is 1. The average molecular weight is 293 g/mol. The summed E-state index contributed by atoms with van der Waals surface area (Å²) in [6.45, 7) is 9.75. The predicted molar refractivity (Wildman–Crippen MR) is 83.8 cm³/mol. The lowest BCUT2D eigenvalue weighted by Gasteiger charge is -2.19. The lowest BCUT2D eigenvalue weighted by molar-refractivity contribution is 0.0529. The van der Waals surface area contributed by atoms with Gasteiger partial charge in [0.05, 0.1) is 0 Å². The van der Waals surface area contributed by atoms with Crippen LogP contribution in [0.1, 0.15) is 43.9 Å². The molecule has 0 aliphatic carbocycles. The minimum absolute atomic E-state index is 0.214. The van der Waals surface area contributed by atoms with Crippen LogP contribution in [0.4, 0.5) is 9.18 Å². The molecular formula is C17H24FNO2. The molecule has 0 aliphatic heterocycles. The van der Waals surface area contributed by atoms with Crippen molar-refractivity contribution in [3.8, 4) is 0 Å². The van der Waals surface area contributed by atoms with Gasteiger partial charge in [0.2, 0.25) is 0 Å². The zero-order chi connectivity index (χ0) is 16.0. The second-order valence-electron chi connectivity index (χ2n) is 6.07. The first kappa shape index (κ1) is 17.2. The highest BCUT2D eigenvalue weighted by Gasteiger charge is 2.15. The van der Waals surface area contributed by atoms with Crippen LogP contribution in [0.25, 0.3) is 6.08 Å². The number of carbonyl (C=O) groups excluding carboxylic acids is 1. The Morgan fingerprint density at radius 2 is 1.86 bits per heavy atom. The number of amides is 1. The zero-order valence-electron chi connectivity index (χ0n) is 13.4. The van der Waals surface area contributed by atoms with E-state index in [1.54, 1.807) is 0 Å². The molecule has 3 nitrogen and oxygen atoms in total. The molecule has 1 aromatic carbocycles. The summed E-state index contributed by atoms with van der Waals surface area (Å²) >= 11 is 0. The maximum atomic E-state index is 13.2. The number of aryl methyl sites for hydroxylation is 2. The minimum atomic E-state index is -0.484. The number of benzene rings is 1. The third kappa shape index (κ3) is 6.43. The van der Waals surface area contributed by atoms with Crippen LogP contribution >= 0.6 is 0 Å². The Kier molecular flexibility index (Phi) is 5.94. The van der Waals surface area contributed by atoms with Crippen LogP contribution in [0.5, 0.6) is 0 Å². The van der Waals surface area contributed by atoms with E-state index in [4.69, 9.17) is 4.74 Å². The highest BCUT2D eigenvalue weighted by Crippen LogP contribution is 2.17. The van der Waals surface area contributed by atoms with Crippen LogP contribution < -0.4 is 5.32 Å². The summed E-state index contributed by atoms with van der Waals surface area (Å²) in [5.74, 6) is -0.214. The van der Waals surface area contributed by atoms with Crippen molar-refractivity contribution in [2.24, 2.45) is 0 Å². The first-order valence-electron chi connectivity index (χ1n) is 7.09. The SMILES string of the molecule is Cc1cc(F)cc(C)c1C=CCCNC(=O)OC(C)(C)C. The molecule has 116 valence electrons. The Hall–Kier alpha value is -1.84. The summed E-state index contributed by atoms with van der Waals surface area (Å²) in [6.07, 6.45) is 4.20. The fourth-order valence-electron chi connectivity index (χ4n) is 1.96. The summed E-state index contributed by atoms with van der Waals surface area (Å²) in [4.78, 5) is 11.4. The van der Waals surface area contributed by atoms with Crippen LogP contribution in [0.3, 0.4) is 0 Å². The molecule has 0 heterocycles. The van der Waals surface area contributed by atoms with Gasteiger partial charge in [0.15, 0.2) is 0 Å². The number of hydrogen-bond acceptors (Lipinski definition) is 2. The molecule has 1 rings (SSSR count). The molecule has 0 aromatic heterocycles. The van der Waals surface area contributed by atoms with Gasteiger partial charge >= 0.3 is 6.09 Å². The van der Waals surface area contributed by atoms with Crippen molar-refractivity contribution >= 4 is 12.2 Å². The van der Waals surface area contributed by atoms with Crippen molar-refractivity contribution in [3.05, 3.63) is 40.7 Å². The van der Waals surface area contributed by atoms with Gasteiger partial charge in [-0.15, -0.1) is 0 Å². The molecule has 0 aliphatic rings. The van der Waals surface area contributed by atoms with Gasteiger partial charge in [-0.25, -0.2) is 9.18 Å². The average Bonchev–Trinajstić information content (AvgIpc) is 2.29. The summed E-state index contributed by atoms with van der Waals surface area (Å²) in [7, 11) is 0. The third-order valence-corrected chi connectivity index (χ3v) is 2.82. The normalized spacial score (nSPS) is 11.7.